The molecule has 2 heterocycles. The largest absolute Gasteiger partial charge is 0.493 e. The molecular formula is C29H32N2O5S. The van der Waals surface area contributed by atoms with Crippen LogP contribution in [-0.2, 0) is 16.0 Å². The Labute approximate surface area is 221 Å². The second-order valence-corrected chi connectivity index (χ2v) is 10.6. The third kappa shape index (κ3) is 5.34. The fourth-order valence-electron chi connectivity index (χ4n) is 4.96. The maximum Gasteiger partial charge on any atom is 0.227 e. The summed E-state index contributed by atoms with van der Waals surface area (Å²) in [7, 11) is 4.80. The summed E-state index contributed by atoms with van der Waals surface area (Å²) in [5.74, 6) is 3.83. The van der Waals surface area contributed by atoms with Crippen LogP contribution < -0.4 is 19.5 Å². The molecule has 194 valence electrons. The van der Waals surface area contributed by atoms with E-state index in [-0.39, 0.29) is 17.7 Å². The van der Waals surface area contributed by atoms with Gasteiger partial charge in [0.25, 0.3) is 0 Å². The van der Waals surface area contributed by atoms with Gasteiger partial charge in [0.1, 0.15) is 0 Å². The Morgan fingerprint density at radius 3 is 2.27 bits per heavy atom. The van der Waals surface area contributed by atoms with Crippen molar-refractivity contribution in [2.24, 2.45) is 5.92 Å². The van der Waals surface area contributed by atoms with E-state index in [1.54, 1.807) is 21.3 Å². The van der Waals surface area contributed by atoms with Crippen molar-refractivity contribution in [1.29, 1.82) is 0 Å². The van der Waals surface area contributed by atoms with Gasteiger partial charge in [-0.05, 0) is 52.1 Å². The highest BCUT2D eigenvalue weighted by Gasteiger charge is 2.32. The van der Waals surface area contributed by atoms with Gasteiger partial charge in [-0.25, -0.2) is 0 Å². The molecule has 2 fully saturated rings. The number of methoxy groups -OCH3 is 3. The maximum atomic E-state index is 13.0. The minimum absolute atomic E-state index is 0.0721. The van der Waals surface area contributed by atoms with Crippen LogP contribution in [0.5, 0.6) is 17.2 Å². The number of ether oxygens (including phenoxy) is 3. The Hall–Kier alpha value is -3.39. The number of nitrogens with one attached hydrogen (secondary N) is 1. The Morgan fingerprint density at radius 1 is 0.919 bits per heavy atom. The van der Waals surface area contributed by atoms with Gasteiger partial charge in [0.05, 0.1) is 33.7 Å². The molecule has 3 aromatic rings. The lowest BCUT2D eigenvalue weighted by Crippen LogP contribution is -2.46. The van der Waals surface area contributed by atoms with Gasteiger partial charge in [0.15, 0.2) is 11.5 Å². The van der Waals surface area contributed by atoms with E-state index in [0.717, 1.165) is 45.4 Å². The Morgan fingerprint density at radius 2 is 1.62 bits per heavy atom. The molecule has 2 amide bonds. The topological polar surface area (TPSA) is 77.1 Å². The summed E-state index contributed by atoms with van der Waals surface area (Å²) in [5, 5.41) is 5.25. The molecule has 37 heavy (non-hydrogen) atoms. The predicted octanol–water partition coefficient (Wildman–Crippen LogP) is 4.16. The zero-order chi connectivity index (χ0) is 25.9. The molecule has 1 N–H and O–H groups in total. The molecule has 0 saturated carbocycles. The van der Waals surface area contributed by atoms with Crippen LogP contribution in [-0.4, -0.2) is 68.7 Å². The minimum Gasteiger partial charge on any atom is -0.493 e. The number of hydrogen-bond acceptors (Lipinski definition) is 6. The molecule has 2 aliphatic heterocycles. The van der Waals surface area contributed by atoms with Crippen molar-refractivity contribution in [3.63, 3.8) is 0 Å². The standard InChI is InChI=1S/C29H32N2O5S/c1-34-25-13-23(14-26(35-2)28(25)36-3)21-7-6-19-10-18(4-5-20(19)12-21)11-27(32)31-9-8-22(15-31)29(33)30-24-16-37-17-24/h4-7,10,12-14,22,24H,8-9,11,15-17H2,1-3H3,(H,30,33). The number of amides is 2. The molecule has 2 saturated heterocycles. The Bertz CT molecular complexity index is 1300. The summed E-state index contributed by atoms with van der Waals surface area (Å²) in [6, 6.07) is 16.5. The number of hydrogen-bond donors (Lipinski definition) is 1. The van der Waals surface area contributed by atoms with Crippen LogP contribution in [0.1, 0.15) is 12.0 Å². The third-order valence-electron chi connectivity index (χ3n) is 7.15. The molecule has 1 atom stereocenters. The summed E-state index contributed by atoms with van der Waals surface area (Å²) in [6.07, 6.45) is 1.07. The van der Waals surface area contributed by atoms with Crippen LogP contribution >= 0.6 is 11.8 Å². The molecule has 3 aromatic carbocycles. The van der Waals surface area contributed by atoms with Crippen LogP contribution in [0.3, 0.4) is 0 Å². The van der Waals surface area contributed by atoms with Crippen molar-refractivity contribution in [2.45, 2.75) is 18.9 Å². The second-order valence-electron chi connectivity index (χ2n) is 9.56. The number of fused-ring (bicyclic) bond motifs is 1. The van der Waals surface area contributed by atoms with Gasteiger partial charge in [-0.1, -0.05) is 30.3 Å². The SMILES string of the molecule is COc1cc(-c2ccc3cc(CC(=O)N4CCC(C(=O)NC5CSC5)C4)ccc3c2)cc(OC)c1OC. The number of rotatable bonds is 8. The lowest BCUT2D eigenvalue weighted by atomic mass is 9.98. The van der Waals surface area contributed by atoms with Crippen LogP contribution in [0.2, 0.25) is 0 Å². The van der Waals surface area contributed by atoms with Crippen molar-refractivity contribution in [3.05, 3.63) is 54.1 Å². The van der Waals surface area contributed by atoms with Crippen LogP contribution in [0, 0.1) is 5.92 Å². The van der Waals surface area contributed by atoms with Gasteiger partial charge in [-0.3, -0.25) is 9.59 Å². The fourth-order valence-corrected chi connectivity index (χ4v) is 5.60. The highest BCUT2D eigenvalue weighted by Crippen LogP contribution is 2.41. The smallest absolute Gasteiger partial charge is 0.227 e. The van der Waals surface area contributed by atoms with Crippen molar-refractivity contribution in [2.75, 3.05) is 45.9 Å². The third-order valence-corrected chi connectivity index (χ3v) is 8.43. The van der Waals surface area contributed by atoms with Crippen molar-refractivity contribution in [1.82, 2.24) is 10.2 Å². The van der Waals surface area contributed by atoms with Gasteiger partial charge in [-0.15, -0.1) is 0 Å². The molecule has 0 aromatic heterocycles. The predicted molar refractivity (Wildman–Crippen MR) is 147 cm³/mol. The Kier molecular flexibility index (Phi) is 7.46. The van der Waals surface area contributed by atoms with Crippen molar-refractivity contribution < 1.29 is 23.8 Å². The first kappa shape index (κ1) is 25.3. The van der Waals surface area contributed by atoms with Crippen molar-refractivity contribution >= 4 is 34.3 Å². The van der Waals surface area contributed by atoms with Crippen LogP contribution in [0.4, 0.5) is 0 Å². The van der Waals surface area contributed by atoms with E-state index in [4.69, 9.17) is 14.2 Å². The quantitative estimate of drug-likeness (QED) is 0.481. The lowest BCUT2D eigenvalue weighted by Gasteiger charge is -2.27. The number of carbonyl (C=O) groups is 2. The van der Waals surface area contributed by atoms with E-state index in [2.05, 4.69) is 35.6 Å². The molecule has 0 spiro atoms. The highest BCUT2D eigenvalue weighted by molar-refractivity contribution is 8.00. The minimum atomic E-state index is -0.0974. The highest BCUT2D eigenvalue weighted by atomic mass is 32.2. The van der Waals surface area contributed by atoms with E-state index in [9.17, 15) is 9.59 Å². The molecule has 0 radical (unpaired) electrons. The van der Waals surface area contributed by atoms with Gasteiger partial charge in [0, 0.05) is 30.6 Å². The monoisotopic (exact) mass is 520 g/mol. The molecular weight excluding hydrogens is 488 g/mol. The first-order valence-corrected chi connectivity index (χ1v) is 13.6. The van der Waals surface area contributed by atoms with Gasteiger partial charge < -0.3 is 24.4 Å². The average Bonchev–Trinajstić information content (AvgIpc) is 3.40. The second kappa shape index (κ2) is 10.9. The van der Waals surface area contributed by atoms with Gasteiger partial charge >= 0.3 is 0 Å². The zero-order valence-corrected chi connectivity index (χ0v) is 22.2. The zero-order valence-electron chi connectivity index (χ0n) is 21.4. The lowest BCUT2D eigenvalue weighted by molar-refractivity contribution is -0.130. The molecule has 0 aliphatic carbocycles. The number of thioether (sulfide) groups is 1. The number of benzene rings is 3. The van der Waals surface area contributed by atoms with Crippen LogP contribution in [0.15, 0.2) is 48.5 Å². The van der Waals surface area contributed by atoms with E-state index in [1.807, 2.05) is 34.9 Å². The normalized spacial score (nSPS) is 17.4. The molecule has 1 unspecified atom stereocenters. The Balaban J connectivity index is 1.27. The summed E-state index contributed by atoms with van der Waals surface area (Å²) < 4.78 is 16.4. The van der Waals surface area contributed by atoms with Gasteiger partial charge in [-0.2, -0.15) is 11.8 Å². The number of carbonyl (C=O) groups excluding carboxylic acids is 2. The van der Waals surface area contributed by atoms with Gasteiger partial charge in [0.2, 0.25) is 17.6 Å². The number of nitrogens with zero attached hydrogens (tertiary/aromatic N) is 1. The molecule has 7 nitrogen and oxygen atoms in total. The molecule has 2 aliphatic rings. The van der Waals surface area contributed by atoms with E-state index in [0.29, 0.717) is 42.8 Å². The summed E-state index contributed by atoms with van der Waals surface area (Å²) in [6.45, 7) is 1.15. The van der Waals surface area contributed by atoms with E-state index >= 15 is 0 Å². The number of likely N-dealkylation sites (tertiary alicyclic amines) is 1. The fraction of sp³-hybridized carbons (Fsp3) is 0.379. The van der Waals surface area contributed by atoms with Crippen LogP contribution in [0.25, 0.3) is 21.9 Å². The molecule has 0 bridgehead atoms. The van der Waals surface area contributed by atoms with E-state index < -0.39 is 0 Å². The maximum absolute atomic E-state index is 13.0. The van der Waals surface area contributed by atoms with E-state index in [1.165, 1.54) is 0 Å². The summed E-state index contributed by atoms with van der Waals surface area (Å²) in [4.78, 5) is 27.3. The first-order valence-electron chi connectivity index (χ1n) is 12.5. The molecule has 8 heteroatoms. The van der Waals surface area contributed by atoms with Crippen molar-refractivity contribution in [3.8, 4) is 28.4 Å². The average molecular weight is 521 g/mol. The molecule has 5 rings (SSSR count). The summed E-state index contributed by atoms with van der Waals surface area (Å²) >= 11 is 1.85. The first-order chi connectivity index (χ1) is 18.0. The summed E-state index contributed by atoms with van der Waals surface area (Å²) in [5.41, 5.74) is 2.95.